The minimum Gasteiger partial charge on any atom is -0.496 e. The molecule has 0 amide bonds. The molecule has 2 rings (SSSR count). The van der Waals surface area contributed by atoms with E-state index in [9.17, 15) is 0 Å². The van der Waals surface area contributed by atoms with Gasteiger partial charge >= 0.3 is 0 Å². The number of ether oxygens (including phenoxy) is 3. The van der Waals surface area contributed by atoms with Crippen molar-refractivity contribution in [1.29, 1.82) is 0 Å². The lowest BCUT2D eigenvalue weighted by Gasteiger charge is -2.12. The van der Waals surface area contributed by atoms with Crippen LogP contribution in [0.15, 0.2) is 18.2 Å². The predicted octanol–water partition coefficient (Wildman–Crippen LogP) is 2.57. The van der Waals surface area contributed by atoms with Gasteiger partial charge in [0.15, 0.2) is 0 Å². The van der Waals surface area contributed by atoms with E-state index < -0.39 is 0 Å². The SMILES string of the molecule is COc1cc(C)c2c(OC)ccc(OC)c2n1. The summed E-state index contributed by atoms with van der Waals surface area (Å²) < 4.78 is 15.8. The Morgan fingerprint density at radius 1 is 0.941 bits per heavy atom. The van der Waals surface area contributed by atoms with Gasteiger partial charge in [-0.15, -0.1) is 0 Å². The fourth-order valence-corrected chi connectivity index (χ4v) is 1.88. The number of fused-ring (bicyclic) bond motifs is 1. The highest BCUT2D eigenvalue weighted by Crippen LogP contribution is 2.35. The van der Waals surface area contributed by atoms with Gasteiger partial charge in [0.1, 0.15) is 17.0 Å². The third kappa shape index (κ3) is 1.86. The number of hydrogen-bond donors (Lipinski definition) is 0. The Bertz CT molecular complexity index is 552. The summed E-state index contributed by atoms with van der Waals surface area (Å²) in [7, 11) is 4.86. The molecule has 0 aliphatic carbocycles. The first-order valence-corrected chi connectivity index (χ1v) is 5.27. The van der Waals surface area contributed by atoms with E-state index in [1.807, 2.05) is 25.1 Å². The molecule has 1 aromatic heterocycles. The van der Waals surface area contributed by atoms with Crippen LogP contribution < -0.4 is 14.2 Å². The number of nitrogens with zero attached hydrogens (tertiary/aromatic N) is 1. The Hall–Kier alpha value is -1.97. The number of hydrogen-bond acceptors (Lipinski definition) is 4. The number of rotatable bonds is 3. The topological polar surface area (TPSA) is 40.6 Å². The molecule has 1 heterocycles. The van der Waals surface area contributed by atoms with Crippen LogP contribution in [0.1, 0.15) is 5.56 Å². The van der Waals surface area contributed by atoms with Gasteiger partial charge < -0.3 is 14.2 Å². The Labute approximate surface area is 100 Å². The van der Waals surface area contributed by atoms with Crippen molar-refractivity contribution in [3.63, 3.8) is 0 Å². The van der Waals surface area contributed by atoms with Crippen molar-refractivity contribution < 1.29 is 14.2 Å². The summed E-state index contributed by atoms with van der Waals surface area (Å²) in [6.07, 6.45) is 0. The zero-order valence-corrected chi connectivity index (χ0v) is 10.4. The molecule has 0 aliphatic rings. The zero-order valence-electron chi connectivity index (χ0n) is 10.4. The highest BCUT2D eigenvalue weighted by atomic mass is 16.5. The van der Waals surface area contributed by atoms with E-state index >= 15 is 0 Å². The molecule has 0 unspecified atom stereocenters. The van der Waals surface area contributed by atoms with Crippen molar-refractivity contribution in [2.75, 3.05) is 21.3 Å². The molecule has 17 heavy (non-hydrogen) atoms. The maximum absolute atomic E-state index is 5.34. The number of aromatic nitrogens is 1. The van der Waals surface area contributed by atoms with Gasteiger partial charge in [-0.05, 0) is 24.6 Å². The second-order valence-electron chi connectivity index (χ2n) is 3.68. The first kappa shape index (κ1) is 11.5. The summed E-state index contributed by atoms with van der Waals surface area (Å²) in [5.74, 6) is 2.07. The molecule has 0 radical (unpaired) electrons. The van der Waals surface area contributed by atoms with E-state index in [0.29, 0.717) is 11.6 Å². The van der Waals surface area contributed by atoms with Crippen molar-refractivity contribution in [3.8, 4) is 17.4 Å². The van der Waals surface area contributed by atoms with Crippen molar-refractivity contribution in [1.82, 2.24) is 4.98 Å². The van der Waals surface area contributed by atoms with Crippen LogP contribution in [-0.4, -0.2) is 26.3 Å². The molecular weight excluding hydrogens is 218 g/mol. The normalized spacial score (nSPS) is 10.4. The van der Waals surface area contributed by atoms with Gasteiger partial charge in [-0.3, -0.25) is 0 Å². The molecule has 0 fully saturated rings. The van der Waals surface area contributed by atoms with E-state index in [1.54, 1.807) is 21.3 Å². The van der Waals surface area contributed by atoms with Crippen LogP contribution in [0.2, 0.25) is 0 Å². The smallest absolute Gasteiger partial charge is 0.213 e. The van der Waals surface area contributed by atoms with Crippen molar-refractivity contribution in [2.24, 2.45) is 0 Å². The monoisotopic (exact) mass is 233 g/mol. The lowest BCUT2D eigenvalue weighted by atomic mass is 10.1. The predicted molar refractivity (Wildman–Crippen MR) is 66.1 cm³/mol. The van der Waals surface area contributed by atoms with E-state index in [0.717, 1.165) is 22.2 Å². The van der Waals surface area contributed by atoms with Crippen LogP contribution in [0.25, 0.3) is 10.9 Å². The molecule has 0 aliphatic heterocycles. The highest BCUT2D eigenvalue weighted by Gasteiger charge is 2.12. The molecule has 0 N–H and O–H groups in total. The molecule has 0 saturated heterocycles. The molecule has 4 heteroatoms. The summed E-state index contributed by atoms with van der Waals surface area (Å²) in [6, 6.07) is 5.60. The van der Waals surface area contributed by atoms with Crippen LogP contribution in [0.3, 0.4) is 0 Å². The number of benzene rings is 1. The molecule has 4 nitrogen and oxygen atoms in total. The van der Waals surface area contributed by atoms with Gasteiger partial charge in [-0.1, -0.05) is 0 Å². The van der Waals surface area contributed by atoms with Gasteiger partial charge in [0.25, 0.3) is 0 Å². The van der Waals surface area contributed by atoms with E-state index in [1.165, 1.54) is 0 Å². The molecule has 2 aromatic rings. The minimum absolute atomic E-state index is 0.571. The average Bonchev–Trinajstić information content (AvgIpc) is 2.37. The maximum atomic E-state index is 5.34. The number of aryl methyl sites for hydroxylation is 1. The minimum atomic E-state index is 0.571. The molecule has 90 valence electrons. The van der Waals surface area contributed by atoms with Crippen LogP contribution in [0, 0.1) is 6.92 Å². The van der Waals surface area contributed by atoms with Crippen LogP contribution in [-0.2, 0) is 0 Å². The van der Waals surface area contributed by atoms with Crippen LogP contribution >= 0.6 is 0 Å². The Morgan fingerprint density at radius 2 is 1.59 bits per heavy atom. The lowest BCUT2D eigenvalue weighted by molar-refractivity contribution is 0.394. The summed E-state index contributed by atoms with van der Waals surface area (Å²) in [6.45, 7) is 1.99. The van der Waals surface area contributed by atoms with Gasteiger partial charge in [0.05, 0.1) is 21.3 Å². The molecule has 0 atom stereocenters. The third-order valence-electron chi connectivity index (χ3n) is 2.71. The molecule has 0 saturated carbocycles. The van der Waals surface area contributed by atoms with Crippen molar-refractivity contribution >= 4 is 10.9 Å². The maximum Gasteiger partial charge on any atom is 0.213 e. The molecular formula is C13H15NO3. The van der Waals surface area contributed by atoms with Crippen molar-refractivity contribution in [3.05, 3.63) is 23.8 Å². The Kier molecular flexibility index (Phi) is 3.04. The summed E-state index contributed by atoms with van der Waals surface area (Å²) in [4.78, 5) is 4.41. The second-order valence-corrected chi connectivity index (χ2v) is 3.68. The van der Waals surface area contributed by atoms with Gasteiger partial charge in [-0.2, -0.15) is 0 Å². The quantitative estimate of drug-likeness (QED) is 0.817. The fourth-order valence-electron chi connectivity index (χ4n) is 1.88. The number of pyridine rings is 1. The van der Waals surface area contributed by atoms with E-state index in [2.05, 4.69) is 4.98 Å². The number of methoxy groups -OCH3 is 3. The third-order valence-corrected chi connectivity index (χ3v) is 2.71. The zero-order chi connectivity index (χ0) is 12.4. The Morgan fingerprint density at radius 3 is 2.18 bits per heavy atom. The van der Waals surface area contributed by atoms with Gasteiger partial charge in [0.2, 0.25) is 5.88 Å². The summed E-state index contributed by atoms with van der Waals surface area (Å²) >= 11 is 0. The van der Waals surface area contributed by atoms with E-state index in [4.69, 9.17) is 14.2 Å². The van der Waals surface area contributed by atoms with E-state index in [-0.39, 0.29) is 0 Å². The first-order valence-electron chi connectivity index (χ1n) is 5.27. The van der Waals surface area contributed by atoms with Crippen LogP contribution in [0.5, 0.6) is 17.4 Å². The largest absolute Gasteiger partial charge is 0.496 e. The highest BCUT2D eigenvalue weighted by molar-refractivity contribution is 5.93. The molecule has 0 bridgehead atoms. The first-order chi connectivity index (χ1) is 8.21. The Balaban J connectivity index is 2.85. The van der Waals surface area contributed by atoms with Gasteiger partial charge in [-0.25, -0.2) is 4.98 Å². The summed E-state index contributed by atoms with van der Waals surface area (Å²) in [5, 5.41) is 0.952. The second kappa shape index (κ2) is 4.49. The fraction of sp³-hybridized carbons (Fsp3) is 0.308. The molecule has 1 aromatic carbocycles. The standard InChI is InChI=1S/C13H15NO3/c1-8-7-11(17-4)14-13-10(16-3)6-5-9(15-2)12(8)13/h5-7H,1-4H3. The van der Waals surface area contributed by atoms with Crippen LogP contribution in [0.4, 0.5) is 0 Å². The lowest BCUT2D eigenvalue weighted by Crippen LogP contribution is -1.96. The molecule has 0 spiro atoms. The summed E-state index contributed by atoms with van der Waals surface area (Å²) in [5.41, 5.74) is 1.80. The van der Waals surface area contributed by atoms with Gasteiger partial charge in [0, 0.05) is 11.5 Å². The van der Waals surface area contributed by atoms with Crippen molar-refractivity contribution in [2.45, 2.75) is 6.92 Å². The average molecular weight is 233 g/mol.